The van der Waals surface area contributed by atoms with E-state index < -0.39 is 30.6 Å². The van der Waals surface area contributed by atoms with Crippen LogP contribution in [-0.2, 0) is 4.57 Å². The van der Waals surface area contributed by atoms with Crippen molar-refractivity contribution in [3.05, 3.63) is 76.6 Å². The first kappa shape index (κ1) is 24.2. The number of pyridine rings is 3. The molecule has 1 aromatic carbocycles. The van der Waals surface area contributed by atoms with Gasteiger partial charge in [-0.25, -0.2) is 13.2 Å². The first-order chi connectivity index (χ1) is 16.0. The van der Waals surface area contributed by atoms with Crippen LogP contribution in [0.1, 0.15) is 24.4 Å². The minimum Gasteiger partial charge on any atom is -0.375 e. The largest absolute Gasteiger partial charge is 0.375 e. The lowest BCUT2D eigenvalue weighted by Crippen LogP contribution is -2.12. The van der Waals surface area contributed by atoms with Crippen LogP contribution in [0.5, 0.6) is 0 Å². The van der Waals surface area contributed by atoms with Gasteiger partial charge in [0.05, 0.1) is 50.0 Å². The average molecular weight is 505 g/mol. The summed E-state index contributed by atoms with van der Waals surface area (Å²) >= 11 is 6.48. The molecular formula is C24H21ClF3N4OP. The van der Waals surface area contributed by atoms with Gasteiger partial charge in [0.2, 0.25) is 0 Å². The van der Waals surface area contributed by atoms with Crippen LogP contribution in [0, 0.1) is 24.4 Å². The molecule has 0 aliphatic heterocycles. The molecule has 4 aromatic rings. The summed E-state index contributed by atoms with van der Waals surface area (Å²) in [4.78, 5) is 12.4. The summed E-state index contributed by atoms with van der Waals surface area (Å²) in [6, 6.07) is 6.14. The molecule has 3 heterocycles. The third kappa shape index (κ3) is 4.40. The van der Waals surface area contributed by atoms with Gasteiger partial charge in [0, 0.05) is 24.0 Å². The van der Waals surface area contributed by atoms with Gasteiger partial charge in [0.15, 0.2) is 0 Å². The summed E-state index contributed by atoms with van der Waals surface area (Å²) in [6.45, 7) is 6.39. The van der Waals surface area contributed by atoms with Gasteiger partial charge >= 0.3 is 0 Å². The van der Waals surface area contributed by atoms with Crippen LogP contribution in [-0.4, -0.2) is 28.3 Å². The van der Waals surface area contributed by atoms with E-state index in [9.17, 15) is 8.96 Å². The van der Waals surface area contributed by atoms with E-state index in [4.69, 9.17) is 11.6 Å². The lowest BCUT2D eigenvalue weighted by molar-refractivity contribution is 0.586. The van der Waals surface area contributed by atoms with Crippen molar-refractivity contribution in [2.75, 3.05) is 18.6 Å². The molecule has 3 aromatic heterocycles. The molecule has 0 saturated carbocycles. The topological polar surface area (TPSA) is 67.8 Å². The zero-order valence-corrected chi connectivity index (χ0v) is 20.5. The fraction of sp³-hybridized carbons (Fsp3) is 0.208. The molecular weight excluding hydrogens is 484 g/mol. The zero-order valence-electron chi connectivity index (χ0n) is 18.8. The van der Waals surface area contributed by atoms with Gasteiger partial charge in [-0.15, -0.1) is 0 Å². The van der Waals surface area contributed by atoms with Crippen molar-refractivity contribution in [2.45, 2.75) is 19.9 Å². The molecule has 1 unspecified atom stereocenters. The number of halogens is 4. The molecule has 5 nitrogen and oxygen atoms in total. The fourth-order valence-electron chi connectivity index (χ4n) is 3.71. The predicted octanol–water partition coefficient (Wildman–Crippen LogP) is 6.49. The lowest BCUT2D eigenvalue weighted by Gasteiger charge is -2.20. The average Bonchev–Trinajstić information content (AvgIpc) is 2.76. The van der Waals surface area contributed by atoms with Crippen molar-refractivity contribution >= 4 is 40.8 Å². The van der Waals surface area contributed by atoms with Crippen molar-refractivity contribution < 1.29 is 17.7 Å². The molecule has 0 amide bonds. The number of fused-ring (bicyclic) bond motifs is 1. The van der Waals surface area contributed by atoms with E-state index in [2.05, 4.69) is 20.3 Å². The van der Waals surface area contributed by atoms with Crippen LogP contribution in [0.4, 0.5) is 18.9 Å². The van der Waals surface area contributed by atoms with Crippen LogP contribution in [0.25, 0.3) is 22.0 Å². The first-order valence-corrected chi connectivity index (χ1v) is 13.3. The van der Waals surface area contributed by atoms with E-state index in [1.54, 1.807) is 27.2 Å². The summed E-state index contributed by atoms with van der Waals surface area (Å²) in [5.41, 5.74) is 0.865. The standard InChI is InChI=1S/C24H21ClF3N4OP/c1-12-21(25)24(32-13(2)23-15(26)6-5-9-29-23)20-17(31-12)10-16(27)19(22(20)28)14-7-8-18(30-11-14)34(3,4)33/h5-11,13H,1-4H3,(H,31,32). The van der Waals surface area contributed by atoms with E-state index in [0.29, 0.717) is 11.1 Å². The Kier molecular flexibility index (Phi) is 6.40. The van der Waals surface area contributed by atoms with Gasteiger partial charge in [-0.1, -0.05) is 17.7 Å². The van der Waals surface area contributed by atoms with Crippen molar-refractivity contribution in [3.63, 3.8) is 0 Å². The van der Waals surface area contributed by atoms with Crippen molar-refractivity contribution in [3.8, 4) is 11.1 Å². The van der Waals surface area contributed by atoms with E-state index in [-0.39, 0.29) is 38.4 Å². The molecule has 0 fully saturated rings. The maximum absolute atomic E-state index is 15.9. The highest BCUT2D eigenvalue weighted by Gasteiger charge is 2.24. The Bertz CT molecular complexity index is 1460. The molecule has 176 valence electrons. The number of benzene rings is 1. The number of rotatable bonds is 5. The molecule has 0 radical (unpaired) electrons. The second-order valence-corrected chi connectivity index (χ2v) is 11.9. The number of aromatic nitrogens is 3. The molecule has 0 bridgehead atoms. The number of hydrogen-bond acceptors (Lipinski definition) is 5. The number of aryl methyl sites for hydroxylation is 1. The predicted molar refractivity (Wildman–Crippen MR) is 130 cm³/mol. The van der Waals surface area contributed by atoms with Gasteiger partial charge in [-0.05, 0) is 45.4 Å². The first-order valence-electron chi connectivity index (χ1n) is 10.4. The monoisotopic (exact) mass is 504 g/mol. The molecule has 0 aliphatic rings. The van der Waals surface area contributed by atoms with E-state index in [1.807, 2.05) is 0 Å². The highest BCUT2D eigenvalue weighted by atomic mass is 35.5. The van der Waals surface area contributed by atoms with Crippen LogP contribution >= 0.6 is 18.7 Å². The summed E-state index contributed by atoms with van der Waals surface area (Å²) in [5, 5.41) is 3.11. The maximum atomic E-state index is 15.9. The number of nitrogens with one attached hydrogen (secondary N) is 1. The number of nitrogens with zero attached hydrogens (tertiary/aromatic N) is 3. The molecule has 0 saturated heterocycles. The summed E-state index contributed by atoms with van der Waals surface area (Å²) in [5.74, 6) is -2.26. The zero-order chi connectivity index (χ0) is 24.8. The van der Waals surface area contributed by atoms with Crippen LogP contribution in [0.2, 0.25) is 5.02 Å². The SMILES string of the molecule is Cc1nc2cc(F)c(-c3ccc(P(C)(C)=O)nc3)c(F)c2c(NC(C)c2ncccc2F)c1Cl. The molecule has 4 rings (SSSR count). The third-order valence-corrected chi connectivity index (χ3v) is 7.25. The van der Waals surface area contributed by atoms with Crippen LogP contribution in [0.15, 0.2) is 42.7 Å². The molecule has 34 heavy (non-hydrogen) atoms. The number of hydrogen-bond donors (Lipinski definition) is 1. The number of anilines is 1. The Hall–Kier alpha value is -2.96. The maximum Gasteiger partial charge on any atom is 0.146 e. The molecule has 10 heteroatoms. The molecule has 0 aliphatic carbocycles. The van der Waals surface area contributed by atoms with Gasteiger partial charge < -0.3 is 9.88 Å². The minimum absolute atomic E-state index is 0.0454. The van der Waals surface area contributed by atoms with Gasteiger partial charge in [-0.3, -0.25) is 15.0 Å². The summed E-state index contributed by atoms with van der Waals surface area (Å²) < 4.78 is 57.5. The van der Waals surface area contributed by atoms with Gasteiger partial charge in [0.25, 0.3) is 0 Å². The van der Waals surface area contributed by atoms with Crippen molar-refractivity contribution in [1.82, 2.24) is 15.0 Å². The Morgan fingerprint density at radius 1 is 1.09 bits per heavy atom. The van der Waals surface area contributed by atoms with E-state index >= 15 is 8.78 Å². The third-order valence-electron chi connectivity index (χ3n) is 5.42. The van der Waals surface area contributed by atoms with E-state index in [1.165, 1.54) is 36.7 Å². The van der Waals surface area contributed by atoms with Crippen molar-refractivity contribution in [2.24, 2.45) is 0 Å². The minimum atomic E-state index is -2.63. The normalized spacial score (nSPS) is 12.7. The Labute approximate surface area is 199 Å². The highest BCUT2D eigenvalue weighted by molar-refractivity contribution is 7.69. The smallest absolute Gasteiger partial charge is 0.146 e. The molecule has 1 N–H and O–H groups in total. The highest BCUT2D eigenvalue weighted by Crippen LogP contribution is 2.41. The Morgan fingerprint density at radius 3 is 2.44 bits per heavy atom. The molecule has 1 atom stereocenters. The summed E-state index contributed by atoms with van der Waals surface area (Å²) in [6.07, 6.45) is 2.73. The van der Waals surface area contributed by atoms with Crippen LogP contribution < -0.4 is 10.8 Å². The fourth-order valence-corrected chi connectivity index (χ4v) is 4.67. The van der Waals surface area contributed by atoms with Gasteiger partial charge in [-0.2, -0.15) is 0 Å². The quantitative estimate of drug-likeness (QED) is 0.315. The van der Waals surface area contributed by atoms with E-state index in [0.717, 1.165) is 6.07 Å². The lowest BCUT2D eigenvalue weighted by atomic mass is 10.0. The summed E-state index contributed by atoms with van der Waals surface area (Å²) in [7, 11) is -2.63. The van der Waals surface area contributed by atoms with Gasteiger partial charge in [0.1, 0.15) is 24.6 Å². The Morgan fingerprint density at radius 2 is 1.82 bits per heavy atom. The second kappa shape index (κ2) is 9.01. The van der Waals surface area contributed by atoms with Crippen LogP contribution in [0.3, 0.4) is 0 Å². The van der Waals surface area contributed by atoms with Crippen molar-refractivity contribution in [1.29, 1.82) is 0 Å². The second-order valence-electron chi connectivity index (χ2n) is 8.32. The molecule has 0 spiro atoms. The Balaban J connectivity index is 1.91.